The Morgan fingerprint density at radius 2 is 1.94 bits per heavy atom. The van der Waals surface area contributed by atoms with Crippen LogP contribution in [0.5, 0.6) is 0 Å². The number of aromatic nitrogens is 1. The molecule has 0 spiro atoms. The number of nitrogens with zero attached hydrogens (tertiary/aromatic N) is 2. The van der Waals surface area contributed by atoms with E-state index in [0.29, 0.717) is 5.69 Å². The molecule has 16 heavy (non-hydrogen) atoms. The maximum Gasteiger partial charge on any atom is 0.312 e. The van der Waals surface area contributed by atoms with Crippen LogP contribution in [0.4, 0.5) is 11.4 Å². The first kappa shape index (κ1) is 10.5. The first-order valence-corrected chi connectivity index (χ1v) is 4.89. The summed E-state index contributed by atoms with van der Waals surface area (Å²) in [6.07, 6.45) is 3.48. The van der Waals surface area contributed by atoms with E-state index < -0.39 is 4.92 Å². The second-order valence-corrected chi connectivity index (χ2v) is 3.50. The minimum absolute atomic E-state index is 0.113. The molecule has 0 amide bonds. The standard InChI is InChI=1S/C10H8ClN3O2/c11-8-4-3-5-9(10(8)14(15)16)12-13-6-1-2-7-13/h1-7,12H. The van der Waals surface area contributed by atoms with E-state index in [-0.39, 0.29) is 10.7 Å². The van der Waals surface area contributed by atoms with Crippen molar-refractivity contribution in [3.63, 3.8) is 0 Å². The lowest BCUT2D eigenvalue weighted by atomic mass is 10.3. The van der Waals surface area contributed by atoms with Gasteiger partial charge in [-0.05, 0) is 24.3 Å². The normalized spacial score (nSPS) is 10.1. The molecule has 82 valence electrons. The Morgan fingerprint density at radius 3 is 2.56 bits per heavy atom. The summed E-state index contributed by atoms with van der Waals surface area (Å²) in [5.74, 6) is 0. The molecule has 0 aliphatic heterocycles. The van der Waals surface area contributed by atoms with Crippen LogP contribution < -0.4 is 5.43 Å². The molecule has 2 rings (SSSR count). The van der Waals surface area contributed by atoms with E-state index in [1.54, 1.807) is 29.2 Å². The lowest BCUT2D eigenvalue weighted by Crippen LogP contribution is -2.07. The second kappa shape index (κ2) is 4.24. The molecule has 0 unspecified atom stereocenters. The Bertz CT molecular complexity index is 511. The van der Waals surface area contributed by atoms with E-state index in [2.05, 4.69) is 5.43 Å². The fraction of sp³-hybridized carbons (Fsp3) is 0. The number of halogens is 1. The molecule has 0 bridgehead atoms. The van der Waals surface area contributed by atoms with E-state index >= 15 is 0 Å². The van der Waals surface area contributed by atoms with Crippen molar-refractivity contribution in [1.29, 1.82) is 0 Å². The molecule has 0 fully saturated rings. The van der Waals surface area contributed by atoms with Crippen LogP contribution in [0.15, 0.2) is 42.7 Å². The Balaban J connectivity index is 2.40. The van der Waals surface area contributed by atoms with Crippen molar-refractivity contribution in [2.24, 2.45) is 0 Å². The fourth-order valence-corrected chi connectivity index (χ4v) is 1.58. The predicted molar refractivity (Wildman–Crippen MR) is 61.6 cm³/mol. The number of anilines is 1. The zero-order chi connectivity index (χ0) is 11.5. The number of nitro groups is 1. The molecule has 0 saturated heterocycles. The van der Waals surface area contributed by atoms with E-state index in [0.717, 1.165) is 0 Å². The third-order valence-electron chi connectivity index (χ3n) is 2.02. The molecular weight excluding hydrogens is 230 g/mol. The van der Waals surface area contributed by atoms with Crippen molar-refractivity contribution >= 4 is 23.0 Å². The maximum absolute atomic E-state index is 10.8. The summed E-state index contributed by atoms with van der Waals surface area (Å²) < 4.78 is 1.61. The molecule has 5 nitrogen and oxygen atoms in total. The molecular formula is C10H8ClN3O2. The number of hydrogen-bond donors (Lipinski definition) is 1. The van der Waals surface area contributed by atoms with Crippen molar-refractivity contribution in [3.8, 4) is 0 Å². The molecule has 0 radical (unpaired) electrons. The van der Waals surface area contributed by atoms with Crippen LogP contribution in [0.25, 0.3) is 0 Å². The maximum atomic E-state index is 10.8. The van der Waals surface area contributed by atoms with Crippen LogP contribution in [0.2, 0.25) is 5.02 Å². The number of benzene rings is 1. The van der Waals surface area contributed by atoms with Crippen molar-refractivity contribution < 1.29 is 4.92 Å². The van der Waals surface area contributed by atoms with Crippen molar-refractivity contribution in [2.45, 2.75) is 0 Å². The average Bonchev–Trinajstić information content (AvgIpc) is 2.70. The van der Waals surface area contributed by atoms with Gasteiger partial charge >= 0.3 is 5.69 Å². The molecule has 1 aromatic heterocycles. The topological polar surface area (TPSA) is 60.1 Å². The summed E-state index contributed by atoms with van der Waals surface area (Å²) in [6, 6.07) is 8.36. The van der Waals surface area contributed by atoms with Gasteiger partial charge in [-0.2, -0.15) is 0 Å². The number of rotatable bonds is 3. The first-order valence-electron chi connectivity index (χ1n) is 4.51. The largest absolute Gasteiger partial charge is 0.312 e. The summed E-state index contributed by atoms with van der Waals surface area (Å²) in [7, 11) is 0. The monoisotopic (exact) mass is 237 g/mol. The SMILES string of the molecule is O=[N+]([O-])c1c(Cl)cccc1Nn1cccc1. The van der Waals surface area contributed by atoms with Gasteiger partial charge in [-0.15, -0.1) is 0 Å². The lowest BCUT2D eigenvalue weighted by Gasteiger charge is -2.08. The number of nitrogens with one attached hydrogen (secondary N) is 1. The van der Waals surface area contributed by atoms with Crippen molar-refractivity contribution in [1.82, 2.24) is 4.68 Å². The van der Waals surface area contributed by atoms with Crippen LogP contribution in [-0.2, 0) is 0 Å². The summed E-state index contributed by atoms with van der Waals surface area (Å²) >= 11 is 5.77. The molecule has 1 heterocycles. The van der Waals surface area contributed by atoms with Crippen LogP contribution in [-0.4, -0.2) is 9.60 Å². The average molecular weight is 238 g/mol. The van der Waals surface area contributed by atoms with E-state index in [1.807, 2.05) is 12.1 Å². The third-order valence-corrected chi connectivity index (χ3v) is 2.33. The highest BCUT2D eigenvalue weighted by molar-refractivity contribution is 6.33. The summed E-state index contributed by atoms with van der Waals surface area (Å²) in [4.78, 5) is 10.3. The van der Waals surface area contributed by atoms with Gasteiger partial charge in [0.1, 0.15) is 10.7 Å². The highest BCUT2D eigenvalue weighted by Gasteiger charge is 2.18. The van der Waals surface area contributed by atoms with Gasteiger partial charge in [0.25, 0.3) is 0 Å². The summed E-state index contributed by atoms with van der Waals surface area (Å²) in [6.45, 7) is 0. The van der Waals surface area contributed by atoms with Crippen LogP contribution in [0, 0.1) is 10.1 Å². The Kier molecular flexibility index (Phi) is 2.78. The second-order valence-electron chi connectivity index (χ2n) is 3.10. The lowest BCUT2D eigenvalue weighted by molar-refractivity contribution is -0.383. The fourth-order valence-electron chi connectivity index (χ4n) is 1.34. The number of hydrogen-bond acceptors (Lipinski definition) is 3. The molecule has 0 atom stereocenters. The molecule has 0 aliphatic rings. The van der Waals surface area contributed by atoms with Gasteiger partial charge in [0, 0.05) is 12.4 Å². The summed E-state index contributed by atoms with van der Waals surface area (Å²) in [5.41, 5.74) is 3.09. The highest BCUT2D eigenvalue weighted by Crippen LogP contribution is 2.32. The molecule has 2 aromatic rings. The van der Waals surface area contributed by atoms with Gasteiger partial charge in [-0.3, -0.25) is 20.2 Å². The molecule has 0 aliphatic carbocycles. The van der Waals surface area contributed by atoms with Crippen molar-refractivity contribution in [2.75, 3.05) is 5.43 Å². The van der Waals surface area contributed by atoms with Gasteiger partial charge in [0.15, 0.2) is 0 Å². The van der Waals surface area contributed by atoms with Gasteiger partial charge < -0.3 is 0 Å². The van der Waals surface area contributed by atoms with Gasteiger partial charge in [0.05, 0.1) is 4.92 Å². The Labute approximate surface area is 96.4 Å². The first-order chi connectivity index (χ1) is 7.68. The van der Waals surface area contributed by atoms with E-state index in [4.69, 9.17) is 11.6 Å². The molecule has 0 saturated carbocycles. The Morgan fingerprint density at radius 1 is 1.25 bits per heavy atom. The van der Waals surface area contributed by atoms with E-state index in [1.165, 1.54) is 6.07 Å². The number of nitro benzene ring substituents is 1. The van der Waals surface area contributed by atoms with Crippen LogP contribution in [0.3, 0.4) is 0 Å². The van der Waals surface area contributed by atoms with Gasteiger partial charge in [-0.1, -0.05) is 17.7 Å². The predicted octanol–water partition coefficient (Wildman–Crippen LogP) is 2.92. The third kappa shape index (κ3) is 1.99. The van der Waals surface area contributed by atoms with Gasteiger partial charge in [-0.25, -0.2) is 0 Å². The molecule has 1 aromatic carbocycles. The molecule has 6 heteroatoms. The number of para-hydroxylation sites is 1. The van der Waals surface area contributed by atoms with Crippen LogP contribution in [0.1, 0.15) is 0 Å². The van der Waals surface area contributed by atoms with E-state index in [9.17, 15) is 10.1 Å². The minimum atomic E-state index is -0.506. The highest BCUT2D eigenvalue weighted by atomic mass is 35.5. The summed E-state index contributed by atoms with van der Waals surface area (Å²) in [5, 5.41) is 11.0. The zero-order valence-electron chi connectivity index (χ0n) is 8.13. The van der Waals surface area contributed by atoms with Gasteiger partial charge in [0.2, 0.25) is 0 Å². The smallest absolute Gasteiger partial charge is 0.288 e. The zero-order valence-corrected chi connectivity index (χ0v) is 8.89. The molecule has 1 N–H and O–H groups in total. The quantitative estimate of drug-likeness (QED) is 0.660. The van der Waals surface area contributed by atoms with Crippen molar-refractivity contribution in [3.05, 3.63) is 57.9 Å². The minimum Gasteiger partial charge on any atom is -0.288 e. The van der Waals surface area contributed by atoms with Crippen LogP contribution >= 0.6 is 11.6 Å². The Hall–Kier alpha value is -2.01.